The summed E-state index contributed by atoms with van der Waals surface area (Å²) in [6.45, 7) is 2.79. The third kappa shape index (κ3) is 2.92. The van der Waals surface area contributed by atoms with Gasteiger partial charge in [-0.3, -0.25) is 4.68 Å². The van der Waals surface area contributed by atoms with Crippen molar-refractivity contribution < 1.29 is 14.2 Å². The first-order valence-corrected chi connectivity index (χ1v) is 7.99. The van der Waals surface area contributed by atoms with Crippen molar-refractivity contribution in [2.75, 3.05) is 19.9 Å². The van der Waals surface area contributed by atoms with Crippen molar-refractivity contribution in [1.82, 2.24) is 15.1 Å². The molecule has 3 heterocycles. The number of aryl methyl sites for hydroxylation is 1. The zero-order valence-electron chi connectivity index (χ0n) is 13.2. The first-order chi connectivity index (χ1) is 11.3. The Morgan fingerprint density at radius 1 is 1.35 bits per heavy atom. The molecule has 2 atom stereocenters. The highest BCUT2D eigenvalue weighted by Gasteiger charge is 2.30. The van der Waals surface area contributed by atoms with Crippen molar-refractivity contribution in [3.63, 3.8) is 0 Å². The molecule has 1 saturated heterocycles. The lowest BCUT2D eigenvalue weighted by Gasteiger charge is -2.18. The minimum absolute atomic E-state index is 0.136. The normalized spacial score (nSPS) is 22.7. The van der Waals surface area contributed by atoms with Crippen molar-refractivity contribution in [3.05, 3.63) is 41.7 Å². The predicted molar refractivity (Wildman–Crippen MR) is 84.3 cm³/mol. The van der Waals surface area contributed by atoms with E-state index in [1.165, 1.54) is 0 Å². The molecule has 1 fully saturated rings. The smallest absolute Gasteiger partial charge is 0.231 e. The van der Waals surface area contributed by atoms with E-state index in [1.54, 1.807) is 0 Å². The van der Waals surface area contributed by atoms with Crippen LogP contribution in [0, 0.1) is 5.92 Å². The first-order valence-electron chi connectivity index (χ1n) is 7.99. The maximum atomic E-state index is 5.90. The minimum atomic E-state index is 0.136. The number of fused-ring (bicyclic) bond motifs is 1. The molecule has 0 radical (unpaired) electrons. The van der Waals surface area contributed by atoms with Gasteiger partial charge in [0.2, 0.25) is 6.79 Å². The van der Waals surface area contributed by atoms with E-state index in [0.717, 1.165) is 48.7 Å². The number of aromatic nitrogens is 2. The standard InChI is InChI=1S/C17H21N3O3/c1-20-10-14(9-19-20)16-13(5-6-21-16)8-18-7-12-3-2-4-15-17(12)23-11-22-15/h2-4,9-10,13,16,18H,5-8,11H2,1H3/t13-,16+/m0/s1. The Hall–Kier alpha value is -2.05. The van der Waals surface area contributed by atoms with Gasteiger partial charge < -0.3 is 19.5 Å². The van der Waals surface area contributed by atoms with Gasteiger partial charge in [0.15, 0.2) is 11.5 Å². The molecular weight excluding hydrogens is 294 g/mol. The number of para-hydroxylation sites is 1. The zero-order chi connectivity index (χ0) is 15.6. The molecule has 2 aliphatic rings. The lowest BCUT2D eigenvalue weighted by Crippen LogP contribution is -2.24. The van der Waals surface area contributed by atoms with Crippen molar-refractivity contribution >= 4 is 0 Å². The number of nitrogens with one attached hydrogen (secondary N) is 1. The van der Waals surface area contributed by atoms with Crippen molar-refractivity contribution in [2.45, 2.75) is 19.1 Å². The lowest BCUT2D eigenvalue weighted by atomic mass is 9.97. The van der Waals surface area contributed by atoms with Crippen LogP contribution < -0.4 is 14.8 Å². The SMILES string of the molecule is Cn1cc([C@@H]2OCC[C@H]2CNCc2cccc3c2OCO3)cn1. The summed E-state index contributed by atoms with van der Waals surface area (Å²) in [6.07, 6.45) is 5.15. The molecule has 0 spiro atoms. The number of hydrogen-bond donors (Lipinski definition) is 1. The number of benzene rings is 1. The van der Waals surface area contributed by atoms with Crippen molar-refractivity contribution in [3.8, 4) is 11.5 Å². The van der Waals surface area contributed by atoms with Crippen LogP contribution in [0.3, 0.4) is 0 Å². The fraction of sp³-hybridized carbons (Fsp3) is 0.471. The highest BCUT2D eigenvalue weighted by atomic mass is 16.7. The predicted octanol–water partition coefficient (Wildman–Crippen LogP) is 2.02. The second-order valence-corrected chi connectivity index (χ2v) is 6.07. The summed E-state index contributed by atoms with van der Waals surface area (Å²) >= 11 is 0. The van der Waals surface area contributed by atoms with E-state index in [2.05, 4.69) is 16.5 Å². The van der Waals surface area contributed by atoms with Gasteiger partial charge >= 0.3 is 0 Å². The van der Waals surface area contributed by atoms with Gasteiger partial charge in [0.1, 0.15) is 0 Å². The Labute approximate surface area is 135 Å². The summed E-state index contributed by atoms with van der Waals surface area (Å²) in [5, 5.41) is 7.79. The molecule has 1 aromatic heterocycles. The lowest BCUT2D eigenvalue weighted by molar-refractivity contribution is 0.0904. The van der Waals surface area contributed by atoms with E-state index in [-0.39, 0.29) is 6.10 Å². The van der Waals surface area contributed by atoms with Crippen LogP contribution in [0.1, 0.15) is 23.7 Å². The quantitative estimate of drug-likeness (QED) is 0.915. The van der Waals surface area contributed by atoms with Crippen LogP contribution in [0.2, 0.25) is 0 Å². The van der Waals surface area contributed by atoms with E-state index in [9.17, 15) is 0 Å². The van der Waals surface area contributed by atoms with Gasteiger partial charge in [-0.15, -0.1) is 0 Å². The van der Waals surface area contributed by atoms with Crippen LogP contribution in [-0.4, -0.2) is 29.7 Å². The Bertz CT molecular complexity index is 685. The second kappa shape index (κ2) is 6.22. The summed E-state index contributed by atoms with van der Waals surface area (Å²) in [5.41, 5.74) is 2.30. The molecule has 2 aliphatic heterocycles. The average Bonchev–Trinajstić information content (AvgIpc) is 3.26. The van der Waals surface area contributed by atoms with E-state index in [0.29, 0.717) is 12.7 Å². The maximum absolute atomic E-state index is 5.90. The highest BCUT2D eigenvalue weighted by molar-refractivity contribution is 5.48. The minimum Gasteiger partial charge on any atom is -0.454 e. The van der Waals surface area contributed by atoms with Crippen LogP contribution in [0.5, 0.6) is 11.5 Å². The van der Waals surface area contributed by atoms with Crippen LogP contribution in [0.25, 0.3) is 0 Å². The Balaban J connectivity index is 1.37. The van der Waals surface area contributed by atoms with Gasteiger partial charge in [-0.1, -0.05) is 12.1 Å². The molecule has 23 heavy (non-hydrogen) atoms. The summed E-state index contributed by atoms with van der Waals surface area (Å²) in [4.78, 5) is 0. The summed E-state index contributed by atoms with van der Waals surface area (Å²) < 4.78 is 18.7. The fourth-order valence-electron chi connectivity index (χ4n) is 3.32. The van der Waals surface area contributed by atoms with Gasteiger partial charge in [0.25, 0.3) is 0 Å². The summed E-state index contributed by atoms with van der Waals surface area (Å²) in [7, 11) is 1.93. The summed E-state index contributed by atoms with van der Waals surface area (Å²) in [6, 6.07) is 6.01. The molecule has 1 aromatic carbocycles. The fourth-order valence-corrected chi connectivity index (χ4v) is 3.32. The van der Waals surface area contributed by atoms with E-state index >= 15 is 0 Å². The molecule has 6 nitrogen and oxygen atoms in total. The largest absolute Gasteiger partial charge is 0.454 e. The highest BCUT2D eigenvalue weighted by Crippen LogP contribution is 2.36. The molecule has 6 heteroatoms. The van der Waals surface area contributed by atoms with Gasteiger partial charge in [-0.05, 0) is 12.5 Å². The Kier molecular flexibility index (Phi) is 3.93. The van der Waals surface area contributed by atoms with Crippen molar-refractivity contribution in [1.29, 1.82) is 0 Å². The molecule has 0 aliphatic carbocycles. The van der Waals surface area contributed by atoms with Crippen LogP contribution in [-0.2, 0) is 18.3 Å². The number of ether oxygens (including phenoxy) is 3. The van der Waals surface area contributed by atoms with Crippen molar-refractivity contribution in [2.24, 2.45) is 13.0 Å². The average molecular weight is 315 g/mol. The molecule has 0 amide bonds. The third-order valence-electron chi connectivity index (χ3n) is 4.47. The molecule has 0 bridgehead atoms. The maximum Gasteiger partial charge on any atom is 0.231 e. The number of hydrogen-bond acceptors (Lipinski definition) is 5. The van der Waals surface area contributed by atoms with Gasteiger partial charge in [0, 0.05) is 50.0 Å². The summed E-state index contributed by atoms with van der Waals surface area (Å²) in [5.74, 6) is 2.17. The zero-order valence-corrected chi connectivity index (χ0v) is 13.2. The second-order valence-electron chi connectivity index (χ2n) is 6.07. The molecule has 2 aromatic rings. The molecule has 122 valence electrons. The van der Waals surface area contributed by atoms with Gasteiger partial charge in [-0.2, -0.15) is 5.10 Å². The van der Waals surface area contributed by atoms with Crippen LogP contribution in [0.4, 0.5) is 0 Å². The topological polar surface area (TPSA) is 57.5 Å². The third-order valence-corrected chi connectivity index (χ3v) is 4.47. The molecule has 1 N–H and O–H groups in total. The number of nitrogens with zero attached hydrogens (tertiary/aromatic N) is 2. The first kappa shape index (κ1) is 14.5. The van der Waals surface area contributed by atoms with E-state index in [1.807, 2.05) is 36.3 Å². The molecular formula is C17H21N3O3. The van der Waals surface area contributed by atoms with E-state index in [4.69, 9.17) is 14.2 Å². The van der Waals surface area contributed by atoms with Crippen LogP contribution >= 0.6 is 0 Å². The van der Waals surface area contributed by atoms with Gasteiger partial charge in [0.05, 0.1) is 12.3 Å². The van der Waals surface area contributed by atoms with Crippen LogP contribution in [0.15, 0.2) is 30.6 Å². The molecule has 4 rings (SSSR count). The monoisotopic (exact) mass is 315 g/mol. The Morgan fingerprint density at radius 2 is 2.30 bits per heavy atom. The number of rotatable bonds is 5. The van der Waals surface area contributed by atoms with Gasteiger partial charge in [-0.25, -0.2) is 0 Å². The Morgan fingerprint density at radius 3 is 3.17 bits per heavy atom. The molecule has 0 unspecified atom stereocenters. The van der Waals surface area contributed by atoms with E-state index < -0.39 is 0 Å². The molecule has 0 saturated carbocycles.